The van der Waals surface area contributed by atoms with E-state index in [9.17, 15) is 4.79 Å². The Morgan fingerprint density at radius 3 is 3.00 bits per heavy atom. The number of amides is 1. The number of carbonyl (C=O) groups excluding carboxylic acids is 1. The van der Waals surface area contributed by atoms with E-state index in [0.717, 1.165) is 25.9 Å². The molecule has 1 amide bonds. The Morgan fingerprint density at radius 1 is 1.69 bits per heavy atom. The molecule has 0 aliphatic carbocycles. The highest BCUT2D eigenvalue weighted by Gasteiger charge is 2.14. The van der Waals surface area contributed by atoms with Gasteiger partial charge in [-0.15, -0.1) is 12.4 Å². The zero-order valence-electron chi connectivity index (χ0n) is 7.84. The summed E-state index contributed by atoms with van der Waals surface area (Å²) in [5.41, 5.74) is 0. The van der Waals surface area contributed by atoms with E-state index < -0.39 is 0 Å². The first kappa shape index (κ1) is 12.7. The average Bonchev–Trinajstić information content (AvgIpc) is 2.06. The molecule has 1 aliphatic rings. The van der Waals surface area contributed by atoms with E-state index in [4.69, 9.17) is 4.74 Å². The van der Waals surface area contributed by atoms with Crippen LogP contribution in [0.5, 0.6) is 0 Å². The summed E-state index contributed by atoms with van der Waals surface area (Å²) in [6.45, 7) is 2.11. The van der Waals surface area contributed by atoms with Gasteiger partial charge in [-0.3, -0.25) is 4.79 Å². The number of hydrogen-bond acceptors (Lipinski definition) is 3. The molecule has 0 aromatic rings. The van der Waals surface area contributed by atoms with Crippen molar-refractivity contribution in [2.75, 3.05) is 26.8 Å². The lowest BCUT2D eigenvalue weighted by Gasteiger charge is -2.23. The van der Waals surface area contributed by atoms with Gasteiger partial charge < -0.3 is 15.4 Å². The molecular weight excluding hydrogens is 192 g/mol. The number of carbonyl (C=O) groups is 1. The number of ether oxygens (including phenoxy) is 1. The fourth-order valence-corrected chi connectivity index (χ4v) is 1.38. The molecule has 1 aliphatic heterocycles. The van der Waals surface area contributed by atoms with Gasteiger partial charge in [-0.1, -0.05) is 0 Å². The van der Waals surface area contributed by atoms with Gasteiger partial charge in [-0.2, -0.15) is 0 Å². The summed E-state index contributed by atoms with van der Waals surface area (Å²) in [5.74, 6) is -0.0220. The van der Waals surface area contributed by atoms with Crippen LogP contribution < -0.4 is 10.6 Å². The maximum absolute atomic E-state index is 11.0. The number of nitrogens with one attached hydrogen (secondary N) is 2. The summed E-state index contributed by atoms with van der Waals surface area (Å²) < 4.78 is 4.71. The maximum atomic E-state index is 11.0. The van der Waals surface area contributed by atoms with Gasteiger partial charge in [-0.25, -0.2) is 0 Å². The minimum absolute atomic E-state index is 0. The van der Waals surface area contributed by atoms with Gasteiger partial charge in [0, 0.05) is 19.7 Å². The van der Waals surface area contributed by atoms with Gasteiger partial charge in [0.1, 0.15) is 6.61 Å². The minimum atomic E-state index is -0.0220. The van der Waals surface area contributed by atoms with Crippen LogP contribution in [0.1, 0.15) is 12.8 Å². The Bertz CT molecular complexity index is 149. The molecular formula is C8H17ClN2O2. The molecule has 78 valence electrons. The topological polar surface area (TPSA) is 50.4 Å². The van der Waals surface area contributed by atoms with Crippen LogP contribution in [0.2, 0.25) is 0 Å². The number of rotatable bonds is 3. The van der Waals surface area contributed by atoms with Gasteiger partial charge in [0.05, 0.1) is 0 Å². The van der Waals surface area contributed by atoms with Crippen molar-refractivity contribution in [3.63, 3.8) is 0 Å². The number of methoxy groups -OCH3 is 1. The van der Waals surface area contributed by atoms with Crippen molar-refractivity contribution in [3.05, 3.63) is 0 Å². The lowest BCUT2D eigenvalue weighted by atomic mass is 10.1. The highest BCUT2D eigenvalue weighted by atomic mass is 35.5. The van der Waals surface area contributed by atoms with Crippen LogP contribution in [0.4, 0.5) is 0 Å². The van der Waals surface area contributed by atoms with Crippen molar-refractivity contribution in [1.82, 2.24) is 10.6 Å². The molecule has 0 aromatic heterocycles. The predicted octanol–water partition coefficient (Wildman–Crippen LogP) is -0.0772. The van der Waals surface area contributed by atoms with E-state index in [1.807, 2.05) is 0 Å². The Labute approximate surface area is 84.8 Å². The molecule has 4 nitrogen and oxygen atoms in total. The molecule has 0 radical (unpaired) electrons. The van der Waals surface area contributed by atoms with E-state index >= 15 is 0 Å². The lowest BCUT2D eigenvalue weighted by molar-refractivity contribution is -0.125. The van der Waals surface area contributed by atoms with E-state index in [-0.39, 0.29) is 24.9 Å². The van der Waals surface area contributed by atoms with Gasteiger partial charge in [0.15, 0.2) is 0 Å². The first-order valence-corrected chi connectivity index (χ1v) is 4.32. The predicted molar refractivity (Wildman–Crippen MR) is 53.2 cm³/mol. The largest absolute Gasteiger partial charge is 0.375 e. The van der Waals surface area contributed by atoms with Crippen LogP contribution >= 0.6 is 12.4 Å². The number of hydrogen-bond donors (Lipinski definition) is 2. The first-order valence-electron chi connectivity index (χ1n) is 4.32. The van der Waals surface area contributed by atoms with Crippen molar-refractivity contribution in [2.45, 2.75) is 18.9 Å². The summed E-state index contributed by atoms with van der Waals surface area (Å²) in [5, 5.41) is 6.12. The molecule has 2 N–H and O–H groups in total. The van der Waals surface area contributed by atoms with Crippen molar-refractivity contribution in [3.8, 4) is 0 Å². The average molecular weight is 209 g/mol. The van der Waals surface area contributed by atoms with E-state index in [2.05, 4.69) is 10.6 Å². The van der Waals surface area contributed by atoms with Crippen LogP contribution in [-0.2, 0) is 9.53 Å². The molecule has 13 heavy (non-hydrogen) atoms. The van der Waals surface area contributed by atoms with Gasteiger partial charge in [-0.05, 0) is 19.4 Å². The zero-order valence-corrected chi connectivity index (χ0v) is 8.65. The first-order chi connectivity index (χ1) is 5.83. The van der Waals surface area contributed by atoms with Crippen LogP contribution in [0.15, 0.2) is 0 Å². The molecule has 0 unspecified atom stereocenters. The quantitative estimate of drug-likeness (QED) is 0.683. The zero-order chi connectivity index (χ0) is 8.81. The van der Waals surface area contributed by atoms with E-state index in [0.29, 0.717) is 6.04 Å². The normalized spacial score (nSPS) is 21.8. The highest BCUT2D eigenvalue weighted by molar-refractivity contribution is 5.85. The fraction of sp³-hybridized carbons (Fsp3) is 0.875. The summed E-state index contributed by atoms with van der Waals surface area (Å²) in [4.78, 5) is 11.0. The Morgan fingerprint density at radius 2 is 2.46 bits per heavy atom. The summed E-state index contributed by atoms with van der Waals surface area (Å²) in [6, 6.07) is 0.293. The summed E-state index contributed by atoms with van der Waals surface area (Å²) >= 11 is 0. The van der Waals surface area contributed by atoms with Crippen LogP contribution in [-0.4, -0.2) is 38.8 Å². The van der Waals surface area contributed by atoms with Crippen molar-refractivity contribution >= 4 is 18.3 Å². The third-order valence-corrected chi connectivity index (χ3v) is 1.94. The molecule has 5 heteroatoms. The number of halogens is 1. The second-order valence-electron chi connectivity index (χ2n) is 3.04. The van der Waals surface area contributed by atoms with Crippen LogP contribution in [0, 0.1) is 0 Å². The Hall–Kier alpha value is -0.320. The Balaban J connectivity index is 0.00000144. The minimum Gasteiger partial charge on any atom is -0.375 e. The van der Waals surface area contributed by atoms with Crippen LogP contribution in [0.3, 0.4) is 0 Å². The molecule has 1 heterocycles. The highest BCUT2D eigenvalue weighted by Crippen LogP contribution is 2.00. The SMILES string of the molecule is COCC(=O)N[C@H]1CCCNC1.Cl. The monoisotopic (exact) mass is 208 g/mol. The van der Waals surface area contributed by atoms with Gasteiger partial charge in [0.25, 0.3) is 0 Å². The standard InChI is InChI=1S/C8H16N2O2.ClH/c1-12-6-8(11)10-7-3-2-4-9-5-7;/h7,9H,2-6H2,1H3,(H,10,11);1H/t7-;/m0./s1. The second-order valence-corrected chi connectivity index (χ2v) is 3.04. The third kappa shape index (κ3) is 5.08. The molecule has 1 rings (SSSR count). The molecule has 1 atom stereocenters. The van der Waals surface area contributed by atoms with Gasteiger partial charge >= 0.3 is 0 Å². The smallest absolute Gasteiger partial charge is 0.246 e. The molecule has 0 spiro atoms. The van der Waals surface area contributed by atoms with Gasteiger partial charge in [0.2, 0.25) is 5.91 Å². The molecule has 1 fully saturated rings. The fourth-order valence-electron chi connectivity index (χ4n) is 1.38. The maximum Gasteiger partial charge on any atom is 0.246 e. The lowest BCUT2D eigenvalue weighted by Crippen LogP contribution is -2.46. The van der Waals surface area contributed by atoms with Crippen molar-refractivity contribution in [1.29, 1.82) is 0 Å². The molecule has 0 bridgehead atoms. The van der Waals surface area contributed by atoms with E-state index in [1.165, 1.54) is 7.11 Å². The van der Waals surface area contributed by atoms with Crippen molar-refractivity contribution in [2.24, 2.45) is 0 Å². The third-order valence-electron chi connectivity index (χ3n) is 1.94. The van der Waals surface area contributed by atoms with E-state index in [1.54, 1.807) is 0 Å². The number of piperidine rings is 1. The second kappa shape index (κ2) is 7.12. The summed E-state index contributed by atoms with van der Waals surface area (Å²) in [7, 11) is 1.53. The molecule has 1 saturated heterocycles. The molecule has 0 aromatic carbocycles. The Kier molecular flexibility index (Phi) is 6.94. The summed E-state index contributed by atoms with van der Waals surface area (Å²) in [6.07, 6.45) is 2.21. The van der Waals surface area contributed by atoms with Crippen molar-refractivity contribution < 1.29 is 9.53 Å². The van der Waals surface area contributed by atoms with Crippen LogP contribution in [0.25, 0.3) is 0 Å². The molecule has 0 saturated carbocycles.